The molecule has 7 nitrogen and oxygen atoms in total. The van der Waals surface area contributed by atoms with E-state index in [9.17, 15) is 26.4 Å². The van der Waals surface area contributed by atoms with Gasteiger partial charge in [-0.3, -0.25) is 9.52 Å². The normalized spacial score (nSPS) is 12.2. The van der Waals surface area contributed by atoms with Crippen molar-refractivity contribution in [2.45, 2.75) is 38.2 Å². The van der Waals surface area contributed by atoms with Gasteiger partial charge in [-0.2, -0.15) is 21.6 Å². The zero-order valence-corrected chi connectivity index (χ0v) is 19.6. The van der Waals surface area contributed by atoms with E-state index in [0.29, 0.717) is 23.2 Å². The Morgan fingerprint density at radius 3 is 2.46 bits per heavy atom. The zero-order chi connectivity index (χ0) is 25.2. The van der Waals surface area contributed by atoms with Gasteiger partial charge in [-0.1, -0.05) is 55.8 Å². The topological polar surface area (TPSA) is 96.8 Å². The fourth-order valence-electron chi connectivity index (χ4n) is 3.82. The van der Waals surface area contributed by atoms with Crippen molar-refractivity contribution in [3.63, 3.8) is 0 Å². The number of sulfonamides is 1. The molecule has 0 aliphatic carbocycles. The number of alkyl halides is 3. The molecule has 0 aliphatic heterocycles. The predicted molar refractivity (Wildman–Crippen MR) is 129 cm³/mol. The molecule has 2 aromatic carbocycles. The van der Waals surface area contributed by atoms with Crippen LogP contribution in [-0.4, -0.2) is 28.5 Å². The second-order valence-corrected chi connectivity index (χ2v) is 9.73. The number of aryl methyl sites for hydroxylation is 1. The van der Waals surface area contributed by atoms with Gasteiger partial charge in [0.1, 0.15) is 5.82 Å². The Kier molecular flexibility index (Phi) is 6.70. The minimum Gasteiger partial charge on any atom is -0.327 e. The molecule has 2 aromatic heterocycles. The Bertz CT molecular complexity index is 1510. The van der Waals surface area contributed by atoms with Gasteiger partial charge in [0.05, 0.1) is 11.2 Å². The number of benzene rings is 2. The minimum atomic E-state index is -5.55. The molecule has 4 rings (SSSR count). The number of unbranched alkanes of at least 4 members (excludes halogenated alkanes) is 1. The Hall–Kier alpha value is -3.60. The number of para-hydroxylation sites is 1. The van der Waals surface area contributed by atoms with E-state index >= 15 is 0 Å². The van der Waals surface area contributed by atoms with Crippen LogP contribution in [0, 0.1) is 0 Å². The summed E-state index contributed by atoms with van der Waals surface area (Å²) in [5, 5.41) is 0. The first kappa shape index (κ1) is 24.5. The largest absolute Gasteiger partial charge is 0.516 e. The van der Waals surface area contributed by atoms with Crippen molar-refractivity contribution in [3.8, 4) is 11.1 Å². The first-order valence-electron chi connectivity index (χ1n) is 10.9. The van der Waals surface area contributed by atoms with Crippen molar-refractivity contribution in [2.75, 3.05) is 4.72 Å². The molecule has 0 bridgehead atoms. The molecule has 2 heterocycles. The lowest BCUT2D eigenvalue weighted by atomic mass is 10.0. The SMILES string of the molecule is CCCCc1nc2c(=O)[nH]ccc2n1Cc1ccc(-c2ccccc2NS(=O)(=O)C(F)(F)F)cc1. The molecule has 0 spiro atoms. The van der Waals surface area contributed by atoms with Crippen LogP contribution in [0.4, 0.5) is 18.9 Å². The fourth-order valence-corrected chi connectivity index (χ4v) is 4.40. The lowest BCUT2D eigenvalue weighted by molar-refractivity contribution is -0.0429. The maximum Gasteiger partial charge on any atom is 0.516 e. The highest BCUT2D eigenvalue weighted by Gasteiger charge is 2.46. The van der Waals surface area contributed by atoms with Gasteiger partial charge >= 0.3 is 15.5 Å². The molecule has 0 saturated heterocycles. The number of nitrogens with zero attached hydrogens (tertiary/aromatic N) is 2. The molecule has 0 fully saturated rings. The van der Waals surface area contributed by atoms with Gasteiger partial charge in [-0.15, -0.1) is 0 Å². The summed E-state index contributed by atoms with van der Waals surface area (Å²) in [4.78, 5) is 19.4. The van der Waals surface area contributed by atoms with Crippen molar-refractivity contribution in [1.82, 2.24) is 14.5 Å². The quantitative estimate of drug-likeness (QED) is 0.351. The molecule has 4 aromatic rings. The van der Waals surface area contributed by atoms with E-state index in [1.54, 1.807) is 41.3 Å². The number of hydrogen-bond acceptors (Lipinski definition) is 4. The third-order valence-corrected chi connectivity index (χ3v) is 6.69. The van der Waals surface area contributed by atoms with Crippen LogP contribution in [0.25, 0.3) is 22.2 Å². The number of imidazole rings is 1. The van der Waals surface area contributed by atoms with E-state index in [4.69, 9.17) is 0 Å². The summed E-state index contributed by atoms with van der Waals surface area (Å²) in [5.74, 6) is 0.800. The lowest BCUT2D eigenvalue weighted by Crippen LogP contribution is -2.30. The van der Waals surface area contributed by atoms with Gasteiger partial charge in [0, 0.05) is 24.7 Å². The number of pyridine rings is 1. The monoisotopic (exact) mass is 504 g/mol. The number of aromatic amines is 1. The third kappa shape index (κ3) is 5.09. The summed E-state index contributed by atoms with van der Waals surface area (Å²) < 4.78 is 65.4. The van der Waals surface area contributed by atoms with E-state index in [-0.39, 0.29) is 11.2 Å². The molecule has 2 N–H and O–H groups in total. The molecular formula is C24H23F3N4O3S. The molecule has 184 valence electrons. The van der Waals surface area contributed by atoms with Gasteiger partial charge in [0.2, 0.25) is 0 Å². The molecule has 0 atom stereocenters. The molecule has 0 unspecified atom stereocenters. The molecule has 0 saturated carbocycles. The third-order valence-electron chi connectivity index (χ3n) is 5.59. The number of H-pyrrole nitrogens is 1. The second-order valence-electron chi connectivity index (χ2n) is 8.05. The first-order valence-corrected chi connectivity index (χ1v) is 12.4. The average molecular weight is 505 g/mol. The highest BCUT2D eigenvalue weighted by atomic mass is 32.2. The van der Waals surface area contributed by atoms with Crippen molar-refractivity contribution in [2.24, 2.45) is 0 Å². The lowest BCUT2D eigenvalue weighted by Gasteiger charge is -2.15. The van der Waals surface area contributed by atoms with E-state index in [1.807, 2.05) is 16.7 Å². The molecule has 0 amide bonds. The molecule has 0 radical (unpaired) electrons. The number of rotatable bonds is 8. The summed E-state index contributed by atoms with van der Waals surface area (Å²) in [6.45, 7) is 2.52. The zero-order valence-electron chi connectivity index (χ0n) is 18.8. The van der Waals surface area contributed by atoms with Crippen molar-refractivity contribution >= 4 is 26.7 Å². The van der Waals surface area contributed by atoms with Crippen LogP contribution >= 0.6 is 0 Å². The van der Waals surface area contributed by atoms with E-state index in [2.05, 4.69) is 16.9 Å². The summed E-state index contributed by atoms with van der Waals surface area (Å²) in [6.07, 6.45) is 4.19. The van der Waals surface area contributed by atoms with Crippen LogP contribution < -0.4 is 10.3 Å². The van der Waals surface area contributed by atoms with Gasteiger partial charge in [-0.25, -0.2) is 4.98 Å². The fraction of sp³-hybridized carbons (Fsp3) is 0.250. The van der Waals surface area contributed by atoms with Crippen molar-refractivity contribution in [1.29, 1.82) is 0 Å². The van der Waals surface area contributed by atoms with Crippen LogP contribution in [-0.2, 0) is 23.0 Å². The number of nitrogens with one attached hydrogen (secondary N) is 2. The summed E-state index contributed by atoms with van der Waals surface area (Å²) in [7, 11) is -5.55. The summed E-state index contributed by atoms with van der Waals surface area (Å²) in [6, 6.07) is 14.8. The number of anilines is 1. The average Bonchev–Trinajstić information content (AvgIpc) is 3.16. The first-order chi connectivity index (χ1) is 16.6. The standard InChI is InChI=1S/C24H23F3N4O3S/c1-2-3-8-21-29-22-20(13-14-28-23(22)32)31(21)15-16-9-11-17(12-10-16)18-6-4-5-7-19(18)30-35(33,34)24(25,26)27/h4-7,9-14,30H,2-3,8,15H2,1H3,(H,28,32). The number of fused-ring (bicyclic) bond motifs is 1. The summed E-state index contributed by atoms with van der Waals surface area (Å²) in [5.41, 5.74) is -3.00. The highest BCUT2D eigenvalue weighted by molar-refractivity contribution is 7.93. The van der Waals surface area contributed by atoms with Crippen LogP contribution in [0.5, 0.6) is 0 Å². The van der Waals surface area contributed by atoms with E-state index < -0.39 is 15.5 Å². The van der Waals surface area contributed by atoms with Gasteiger partial charge in [-0.05, 0) is 29.7 Å². The number of hydrogen-bond donors (Lipinski definition) is 2. The Balaban J connectivity index is 1.65. The number of halogens is 3. The van der Waals surface area contributed by atoms with E-state index in [0.717, 1.165) is 36.2 Å². The molecule has 11 heteroatoms. The van der Waals surface area contributed by atoms with Crippen LogP contribution in [0.2, 0.25) is 0 Å². The smallest absolute Gasteiger partial charge is 0.327 e. The highest BCUT2D eigenvalue weighted by Crippen LogP contribution is 2.32. The number of aromatic nitrogens is 3. The van der Waals surface area contributed by atoms with Crippen molar-refractivity contribution < 1.29 is 21.6 Å². The van der Waals surface area contributed by atoms with Gasteiger partial charge in [0.15, 0.2) is 5.52 Å². The van der Waals surface area contributed by atoms with Gasteiger partial charge < -0.3 is 9.55 Å². The van der Waals surface area contributed by atoms with E-state index in [1.165, 1.54) is 12.1 Å². The Morgan fingerprint density at radius 1 is 1.06 bits per heavy atom. The van der Waals surface area contributed by atoms with Crippen LogP contribution in [0.3, 0.4) is 0 Å². The van der Waals surface area contributed by atoms with Gasteiger partial charge in [0.25, 0.3) is 5.56 Å². The molecule has 0 aliphatic rings. The maximum absolute atomic E-state index is 12.9. The minimum absolute atomic E-state index is 0.167. The Morgan fingerprint density at radius 2 is 1.77 bits per heavy atom. The molecule has 35 heavy (non-hydrogen) atoms. The Labute approximate surface area is 199 Å². The maximum atomic E-state index is 12.9. The molecular weight excluding hydrogens is 481 g/mol. The van der Waals surface area contributed by atoms with Crippen LogP contribution in [0.1, 0.15) is 31.2 Å². The van der Waals surface area contributed by atoms with Crippen LogP contribution in [0.15, 0.2) is 65.6 Å². The van der Waals surface area contributed by atoms with Crippen molar-refractivity contribution in [3.05, 3.63) is 82.5 Å². The second kappa shape index (κ2) is 9.57. The predicted octanol–water partition coefficient (Wildman–Crippen LogP) is 5.04. The summed E-state index contributed by atoms with van der Waals surface area (Å²) >= 11 is 0.